The van der Waals surface area contributed by atoms with Crippen LogP contribution in [0.15, 0.2) is 18.2 Å². The Bertz CT molecular complexity index is 492. The zero-order valence-corrected chi connectivity index (χ0v) is 11.2. The second-order valence-electron chi connectivity index (χ2n) is 5.56. The lowest BCUT2D eigenvalue weighted by atomic mass is 9.89. The second-order valence-corrected chi connectivity index (χ2v) is 5.56. The Morgan fingerprint density at radius 2 is 2.11 bits per heavy atom. The first-order valence-electron chi connectivity index (χ1n) is 6.43. The molecule has 1 saturated heterocycles. The summed E-state index contributed by atoms with van der Waals surface area (Å²) in [6.45, 7) is 4.24. The fourth-order valence-electron chi connectivity index (χ4n) is 2.58. The Kier molecular flexibility index (Phi) is 3.87. The maximum absolute atomic E-state index is 13.4. The highest BCUT2D eigenvalue weighted by Crippen LogP contribution is 2.30. The van der Waals surface area contributed by atoms with E-state index in [1.807, 2.05) is 13.0 Å². The molecule has 0 aliphatic carbocycles. The van der Waals surface area contributed by atoms with Crippen molar-refractivity contribution in [1.29, 1.82) is 0 Å². The molecule has 1 amide bonds. The Balaban J connectivity index is 2.07. The van der Waals surface area contributed by atoms with Gasteiger partial charge >= 0.3 is 0 Å². The van der Waals surface area contributed by atoms with Crippen molar-refractivity contribution in [2.24, 2.45) is 16.9 Å². The Labute approximate surface area is 112 Å². The summed E-state index contributed by atoms with van der Waals surface area (Å²) in [4.78, 5) is 13.5. The number of carbonyl (C=O) groups is 1. The first-order valence-corrected chi connectivity index (χ1v) is 6.43. The maximum atomic E-state index is 13.4. The first kappa shape index (κ1) is 14.0. The highest BCUT2D eigenvalue weighted by molar-refractivity contribution is 5.81. The van der Waals surface area contributed by atoms with E-state index in [1.54, 1.807) is 0 Å². The molecule has 0 aromatic heterocycles. The van der Waals surface area contributed by atoms with Crippen LogP contribution < -0.4 is 11.5 Å². The minimum atomic E-state index is -0.468. The summed E-state index contributed by atoms with van der Waals surface area (Å²) < 4.78 is 13.4. The van der Waals surface area contributed by atoms with Crippen molar-refractivity contribution >= 4 is 5.91 Å². The number of amides is 1. The van der Waals surface area contributed by atoms with Crippen LogP contribution in [0.25, 0.3) is 0 Å². The van der Waals surface area contributed by atoms with E-state index < -0.39 is 5.41 Å². The van der Waals surface area contributed by atoms with Gasteiger partial charge in [0.2, 0.25) is 5.91 Å². The molecule has 1 heterocycles. The monoisotopic (exact) mass is 265 g/mol. The molecule has 104 valence electrons. The van der Waals surface area contributed by atoms with Gasteiger partial charge in [-0.3, -0.25) is 9.69 Å². The van der Waals surface area contributed by atoms with Gasteiger partial charge < -0.3 is 11.5 Å². The van der Waals surface area contributed by atoms with Crippen LogP contribution in [0, 0.1) is 11.2 Å². The molecule has 1 fully saturated rings. The third-order valence-electron chi connectivity index (χ3n) is 3.81. The van der Waals surface area contributed by atoms with Gasteiger partial charge in [-0.25, -0.2) is 4.39 Å². The van der Waals surface area contributed by atoms with Crippen LogP contribution in [-0.2, 0) is 17.9 Å². The molecular weight excluding hydrogens is 245 g/mol. The molecule has 4 N–H and O–H groups in total. The lowest BCUT2D eigenvalue weighted by Gasteiger charge is -2.21. The third-order valence-corrected chi connectivity index (χ3v) is 3.81. The van der Waals surface area contributed by atoms with Crippen molar-refractivity contribution in [3.8, 4) is 0 Å². The zero-order valence-electron chi connectivity index (χ0n) is 11.2. The van der Waals surface area contributed by atoms with Crippen molar-refractivity contribution in [3.63, 3.8) is 0 Å². The topological polar surface area (TPSA) is 72.4 Å². The van der Waals surface area contributed by atoms with Gasteiger partial charge in [0.05, 0.1) is 5.41 Å². The van der Waals surface area contributed by atoms with E-state index in [1.165, 1.54) is 12.1 Å². The Hall–Kier alpha value is -1.46. The minimum absolute atomic E-state index is 0.267. The average molecular weight is 265 g/mol. The standard InChI is InChI=1S/C14H20FN3O/c1-14(13(17)19)2-3-18(9-14)8-11-4-10(7-16)5-12(15)6-11/h4-6H,2-3,7-9,16H2,1H3,(H2,17,19). The molecule has 1 aliphatic rings. The van der Waals surface area contributed by atoms with Gasteiger partial charge in [0.25, 0.3) is 0 Å². The predicted octanol–water partition coefficient (Wildman–Crippen LogP) is 0.982. The van der Waals surface area contributed by atoms with E-state index in [0.717, 1.165) is 24.1 Å². The largest absolute Gasteiger partial charge is 0.369 e. The molecule has 0 spiro atoms. The second kappa shape index (κ2) is 5.27. The van der Waals surface area contributed by atoms with Gasteiger partial charge in [0.15, 0.2) is 0 Å². The maximum Gasteiger partial charge on any atom is 0.224 e. The van der Waals surface area contributed by atoms with Crippen LogP contribution in [0.2, 0.25) is 0 Å². The molecule has 1 aromatic carbocycles. The van der Waals surface area contributed by atoms with Gasteiger partial charge in [-0.05, 0) is 43.1 Å². The summed E-state index contributed by atoms with van der Waals surface area (Å²) in [6, 6.07) is 4.86. The molecular formula is C14H20FN3O. The normalized spacial score (nSPS) is 23.7. The zero-order chi connectivity index (χ0) is 14.0. The van der Waals surface area contributed by atoms with Crippen LogP contribution in [-0.4, -0.2) is 23.9 Å². The summed E-state index contributed by atoms with van der Waals surface area (Å²) >= 11 is 0. The van der Waals surface area contributed by atoms with E-state index in [9.17, 15) is 9.18 Å². The van der Waals surface area contributed by atoms with Crippen molar-refractivity contribution in [2.75, 3.05) is 13.1 Å². The molecule has 19 heavy (non-hydrogen) atoms. The quantitative estimate of drug-likeness (QED) is 0.852. The van der Waals surface area contributed by atoms with Crippen LogP contribution in [0.5, 0.6) is 0 Å². The number of carbonyl (C=O) groups excluding carboxylic acids is 1. The van der Waals surface area contributed by atoms with Gasteiger partial charge in [-0.15, -0.1) is 0 Å². The molecule has 0 bridgehead atoms. The predicted molar refractivity (Wildman–Crippen MR) is 71.5 cm³/mol. The van der Waals surface area contributed by atoms with E-state index >= 15 is 0 Å². The summed E-state index contributed by atoms with van der Waals surface area (Å²) in [7, 11) is 0. The highest BCUT2D eigenvalue weighted by Gasteiger charge is 2.38. The van der Waals surface area contributed by atoms with Crippen LogP contribution in [0.3, 0.4) is 0 Å². The molecule has 1 aliphatic heterocycles. The van der Waals surface area contributed by atoms with E-state index in [0.29, 0.717) is 19.6 Å². The number of nitrogens with two attached hydrogens (primary N) is 2. The Morgan fingerprint density at radius 1 is 1.42 bits per heavy atom. The Morgan fingerprint density at radius 3 is 2.68 bits per heavy atom. The van der Waals surface area contributed by atoms with E-state index in [2.05, 4.69) is 4.90 Å². The van der Waals surface area contributed by atoms with Gasteiger partial charge in [-0.2, -0.15) is 0 Å². The number of likely N-dealkylation sites (tertiary alicyclic amines) is 1. The minimum Gasteiger partial charge on any atom is -0.369 e. The third kappa shape index (κ3) is 3.11. The summed E-state index contributed by atoms with van der Waals surface area (Å²) in [5, 5.41) is 0. The number of benzene rings is 1. The fraction of sp³-hybridized carbons (Fsp3) is 0.500. The molecule has 4 nitrogen and oxygen atoms in total. The number of primary amides is 1. The van der Waals surface area contributed by atoms with Crippen molar-refractivity contribution in [2.45, 2.75) is 26.4 Å². The molecule has 1 atom stereocenters. The molecule has 0 saturated carbocycles. The number of halogens is 1. The van der Waals surface area contributed by atoms with E-state index in [4.69, 9.17) is 11.5 Å². The molecule has 1 unspecified atom stereocenters. The van der Waals surface area contributed by atoms with Crippen molar-refractivity contribution < 1.29 is 9.18 Å². The molecule has 2 rings (SSSR count). The van der Waals surface area contributed by atoms with Crippen LogP contribution in [0.4, 0.5) is 4.39 Å². The summed E-state index contributed by atoms with van der Waals surface area (Å²) in [5.41, 5.74) is 12.2. The fourth-order valence-corrected chi connectivity index (χ4v) is 2.58. The smallest absolute Gasteiger partial charge is 0.224 e. The lowest BCUT2D eigenvalue weighted by molar-refractivity contribution is -0.126. The number of nitrogens with zero attached hydrogens (tertiary/aromatic N) is 1. The molecule has 5 heteroatoms. The van der Waals surface area contributed by atoms with Crippen LogP contribution >= 0.6 is 0 Å². The lowest BCUT2D eigenvalue weighted by Crippen LogP contribution is -2.36. The van der Waals surface area contributed by atoms with Gasteiger partial charge in [0, 0.05) is 19.6 Å². The van der Waals surface area contributed by atoms with Crippen LogP contribution in [0.1, 0.15) is 24.5 Å². The SMILES string of the molecule is CC1(C(N)=O)CCN(Cc2cc(F)cc(CN)c2)C1. The number of rotatable bonds is 4. The van der Waals surface area contributed by atoms with E-state index in [-0.39, 0.29) is 11.7 Å². The van der Waals surface area contributed by atoms with Gasteiger partial charge in [0.1, 0.15) is 5.82 Å². The number of hydrogen-bond donors (Lipinski definition) is 2. The van der Waals surface area contributed by atoms with Gasteiger partial charge in [-0.1, -0.05) is 6.07 Å². The molecule has 1 aromatic rings. The summed E-state index contributed by atoms with van der Waals surface area (Å²) in [5.74, 6) is -0.535. The summed E-state index contributed by atoms with van der Waals surface area (Å²) in [6.07, 6.45) is 0.751. The van der Waals surface area contributed by atoms with Crippen molar-refractivity contribution in [1.82, 2.24) is 4.90 Å². The molecule has 0 radical (unpaired) electrons. The average Bonchev–Trinajstić information content (AvgIpc) is 2.71. The number of hydrogen-bond acceptors (Lipinski definition) is 3. The first-order chi connectivity index (χ1) is 8.93. The highest BCUT2D eigenvalue weighted by atomic mass is 19.1. The van der Waals surface area contributed by atoms with Crippen molar-refractivity contribution in [3.05, 3.63) is 35.1 Å².